The van der Waals surface area contributed by atoms with Crippen molar-refractivity contribution in [2.75, 3.05) is 31.2 Å². The largest absolute Gasteiger partial charge is 0.384 e. The molecule has 6 nitrogen and oxygen atoms in total. The predicted molar refractivity (Wildman–Crippen MR) is 76.0 cm³/mol. The molecular formula is C14H20N4O2. The molecule has 2 aromatic rings. The fourth-order valence-electron chi connectivity index (χ4n) is 2.55. The number of anilines is 1. The molecular weight excluding hydrogens is 256 g/mol. The molecule has 108 valence electrons. The molecule has 0 radical (unpaired) electrons. The van der Waals surface area contributed by atoms with Gasteiger partial charge < -0.3 is 14.7 Å². The Balaban J connectivity index is 2.15. The van der Waals surface area contributed by atoms with Crippen LogP contribution in [0.1, 0.15) is 25.4 Å². The maximum atomic E-state index is 10.3. The highest BCUT2D eigenvalue weighted by Gasteiger charge is 2.24. The van der Waals surface area contributed by atoms with Crippen molar-refractivity contribution >= 4 is 11.3 Å². The summed E-state index contributed by atoms with van der Waals surface area (Å²) in [5.74, 6) is 1.61. The minimum absolute atomic E-state index is 0.695. The summed E-state index contributed by atoms with van der Waals surface area (Å²) < 4.78 is 7.19. The zero-order valence-corrected chi connectivity index (χ0v) is 12.1. The van der Waals surface area contributed by atoms with Crippen molar-refractivity contribution in [1.82, 2.24) is 14.6 Å². The topological polar surface area (TPSA) is 62.9 Å². The van der Waals surface area contributed by atoms with Crippen molar-refractivity contribution < 1.29 is 9.84 Å². The van der Waals surface area contributed by atoms with Gasteiger partial charge in [-0.3, -0.25) is 0 Å². The molecule has 0 atom stereocenters. The molecule has 3 rings (SSSR count). The molecule has 0 unspecified atom stereocenters. The van der Waals surface area contributed by atoms with Crippen LogP contribution in [0.2, 0.25) is 0 Å². The van der Waals surface area contributed by atoms with Crippen LogP contribution in [-0.2, 0) is 10.3 Å². The average molecular weight is 276 g/mol. The summed E-state index contributed by atoms with van der Waals surface area (Å²) >= 11 is 0. The summed E-state index contributed by atoms with van der Waals surface area (Å²) in [6.45, 7) is 8.49. The van der Waals surface area contributed by atoms with Gasteiger partial charge in [0.2, 0.25) is 0 Å². The Labute approximate surface area is 118 Å². The lowest BCUT2D eigenvalue weighted by molar-refractivity contribution is 0.0718. The average Bonchev–Trinajstić information content (AvgIpc) is 2.82. The molecule has 1 aliphatic heterocycles. The smallest absolute Gasteiger partial charge is 0.157 e. The van der Waals surface area contributed by atoms with Crippen LogP contribution in [-0.4, -0.2) is 46.0 Å². The predicted octanol–water partition coefficient (Wildman–Crippen LogP) is 1.10. The molecule has 0 aliphatic carbocycles. The zero-order valence-electron chi connectivity index (χ0n) is 12.1. The highest BCUT2D eigenvalue weighted by atomic mass is 16.5. The monoisotopic (exact) mass is 276 g/mol. The number of fused-ring (bicyclic) bond motifs is 1. The van der Waals surface area contributed by atoms with Crippen LogP contribution < -0.4 is 4.90 Å². The molecule has 2 aromatic heterocycles. The quantitative estimate of drug-likeness (QED) is 0.890. The number of aromatic nitrogens is 3. The Morgan fingerprint density at radius 2 is 1.95 bits per heavy atom. The Bertz CT molecular complexity index is 624. The van der Waals surface area contributed by atoms with Crippen LogP contribution in [0.5, 0.6) is 0 Å². The van der Waals surface area contributed by atoms with Gasteiger partial charge in [-0.1, -0.05) is 0 Å². The minimum Gasteiger partial charge on any atom is -0.384 e. The standard InChI is InChI=1S/C14H20N4O2/c1-10-15-13(17-6-8-20-9-7-17)11-4-5-12(14(2,3)19)18(11)16-10/h4-5,19H,6-9H2,1-3H3. The van der Waals surface area contributed by atoms with Crippen LogP contribution in [0.15, 0.2) is 12.1 Å². The van der Waals surface area contributed by atoms with E-state index in [1.807, 2.05) is 19.1 Å². The Morgan fingerprint density at radius 3 is 2.60 bits per heavy atom. The van der Waals surface area contributed by atoms with Crippen LogP contribution in [0.25, 0.3) is 5.52 Å². The SMILES string of the molecule is Cc1nc(N2CCOCC2)c2ccc(C(C)(C)O)n2n1. The van der Waals surface area contributed by atoms with Gasteiger partial charge in [-0.25, -0.2) is 9.50 Å². The molecule has 1 N–H and O–H groups in total. The summed E-state index contributed by atoms with van der Waals surface area (Å²) in [5.41, 5.74) is 0.761. The number of aryl methyl sites for hydroxylation is 1. The van der Waals surface area contributed by atoms with Crippen molar-refractivity contribution in [3.8, 4) is 0 Å². The highest BCUT2D eigenvalue weighted by molar-refractivity contribution is 5.70. The third-order valence-corrected chi connectivity index (χ3v) is 3.53. The van der Waals surface area contributed by atoms with E-state index in [1.165, 1.54) is 0 Å². The van der Waals surface area contributed by atoms with Crippen LogP contribution in [0, 0.1) is 6.92 Å². The van der Waals surface area contributed by atoms with Crippen molar-refractivity contribution in [1.29, 1.82) is 0 Å². The van der Waals surface area contributed by atoms with E-state index in [4.69, 9.17) is 4.74 Å². The zero-order chi connectivity index (χ0) is 14.3. The first kappa shape index (κ1) is 13.3. The highest BCUT2D eigenvalue weighted by Crippen LogP contribution is 2.27. The maximum Gasteiger partial charge on any atom is 0.157 e. The second kappa shape index (κ2) is 4.71. The van der Waals surface area contributed by atoms with Crippen molar-refractivity contribution in [2.24, 2.45) is 0 Å². The summed E-state index contributed by atoms with van der Waals surface area (Å²) in [6.07, 6.45) is 0. The van der Waals surface area contributed by atoms with E-state index in [-0.39, 0.29) is 0 Å². The van der Waals surface area contributed by atoms with E-state index >= 15 is 0 Å². The maximum absolute atomic E-state index is 10.3. The third-order valence-electron chi connectivity index (χ3n) is 3.53. The molecule has 1 fully saturated rings. The van der Waals surface area contributed by atoms with E-state index in [2.05, 4.69) is 15.0 Å². The Morgan fingerprint density at radius 1 is 1.25 bits per heavy atom. The normalized spacial score (nSPS) is 16.9. The van der Waals surface area contributed by atoms with Crippen LogP contribution >= 0.6 is 0 Å². The molecule has 0 spiro atoms. The number of aliphatic hydroxyl groups is 1. The molecule has 0 amide bonds. The minimum atomic E-state index is -0.935. The van der Waals surface area contributed by atoms with Crippen LogP contribution in [0.4, 0.5) is 5.82 Å². The van der Waals surface area contributed by atoms with Gasteiger partial charge in [0.05, 0.1) is 18.9 Å². The first-order valence-corrected chi connectivity index (χ1v) is 6.89. The number of nitrogens with zero attached hydrogens (tertiary/aromatic N) is 4. The van der Waals surface area contributed by atoms with E-state index < -0.39 is 5.60 Å². The third kappa shape index (κ3) is 2.25. The second-order valence-electron chi connectivity index (χ2n) is 5.66. The Hall–Kier alpha value is -1.66. The fraction of sp³-hybridized carbons (Fsp3) is 0.571. The van der Waals surface area contributed by atoms with Gasteiger partial charge in [-0.15, -0.1) is 0 Å². The number of ether oxygens (including phenoxy) is 1. The fourth-order valence-corrected chi connectivity index (χ4v) is 2.55. The van der Waals surface area contributed by atoms with E-state index in [1.54, 1.807) is 18.4 Å². The van der Waals surface area contributed by atoms with Crippen LogP contribution in [0.3, 0.4) is 0 Å². The summed E-state index contributed by atoms with van der Waals surface area (Å²) in [7, 11) is 0. The van der Waals surface area contributed by atoms with Gasteiger partial charge in [0.15, 0.2) is 5.82 Å². The van der Waals surface area contributed by atoms with E-state index in [0.29, 0.717) is 19.0 Å². The first-order chi connectivity index (χ1) is 9.47. The van der Waals surface area contributed by atoms with Gasteiger partial charge >= 0.3 is 0 Å². The number of rotatable bonds is 2. The number of hydrogen-bond donors (Lipinski definition) is 1. The summed E-state index contributed by atoms with van der Waals surface area (Å²) in [4.78, 5) is 6.79. The van der Waals surface area contributed by atoms with E-state index in [0.717, 1.165) is 30.1 Å². The first-order valence-electron chi connectivity index (χ1n) is 6.89. The molecule has 0 bridgehead atoms. The van der Waals surface area contributed by atoms with Crippen molar-refractivity contribution in [3.63, 3.8) is 0 Å². The number of hydrogen-bond acceptors (Lipinski definition) is 5. The molecule has 6 heteroatoms. The molecule has 0 aromatic carbocycles. The number of morpholine rings is 1. The van der Waals surface area contributed by atoms with E-state index in [9.17, 15) is 5.11 Å². The van der Waals surface area contributed by atoms with Crippen molar-refractivity contribution in [2.45, 2.75) is 26.4 Å². The molecule has 0 saturated carbocycles. The van der Waals surface area contributed by atoms with Gasteiger partial charge in [-0.05, 0) is 32.9 Å². The van der Waals surface area contributed by atoms with Gasteiger partial charge in [-0.2, -0.15) is 5.10 Å². The second-order valence-corrected chi connectivity index (χ2v) is 5.66. The summed E-state index contributed by atoms with van der Waals surface area (Å²) in [5, 5.41) is 14.7. The van der Waals surface area contributed by atoms with Gasteiger partial charge in [0, 0.05) is 13.1 Å². The molecule has 1 saturated heterocycles. The van der Waals surface area contributed by atoms with Gasteiger partial charge in [0.25, 0.3) is 0 Å². The lowest BCUT2D eigenvalue weighted by atomic mass is 10.1. The lowest BCUT2D eigenvalue weighted by Gasteiger charge is -2.28. The molecule has 1 aliphatic rings. The molecule has 20 heavy (non-hydrogen) atoms. The van der Waals surface area contributed by atoms with Gasteiger partial charge in [0.1, 0.15) is 16.9 Å². The Kier molecular flexibility index (Phi) is 3.14. The lowest BCUT2D eigenvalue weighted by Crippen LogP contribution is -2.37. The summed E-state index contributed by atoms with van der Waals surface area (Å²) in [6, 6.07) is 3.88. The molecule has 3 heterocycles. The van der Waals surface area contributed by atoms with Crippen molar-refractivity contribution in [3.05, 3.63) is 23.7 Å².